The molecule has 0 spiro atoms. The summed E-state index contributed by atoms with van der Waals surface area (Å²) in [5.41, 5.74) is 7.46. The topological polar surface area (TPSA) is 108 Å². The number of esters is 3. The van der Waals surface area contributed by atoms with Crippen LogP contribution in [0.5, 0.6) is 0 Å². The molecule has 2 aromatic rings. The van der Waals surface area contributed by atoms with E-state index < -0.39 is 35.9 Å². The quantitative estimate of drug-likeness (QED) is 0.529. The molecule has 0 aliphatic heterocycles. The van der Waals surface area contributed by atoms with Crippen LogP contribution < -0.4 is 11.1 Å². The second-order valence-electron chi connectivity index (χ2n) is 6.32. The third-order valence-electron chi connectivity index (χ3n) is 4.22. The van der Waals surface area contributed by atoms with Gasteiger partial charge in [-0.3, -0.25) is 4.79 Å². The minimum Gasteiger partial charge on any atom is -0.469 e. The molecule has 0 heterocycles. The van der Waals surface area contributed by atoms with Gasteiger partial charge in [-0.25, -0.2) is 9.59 Å². The molecule has 0 saturated heterocycles. The van der Waals surface area contributed by atoms with Crippen molar-refractivity contribution in [3.05, 3.63) is 66.2 Å². The first-order valence-electron chi connectivity index (χ1n) is 8.86. The Morgan fingerprint density at radius 3 is 2.07 bits per heavy atom. The molecule has 2 aromatic carbocycles. The Balaban J connectivity index is 2.01. The number of benzene rings is 2. The molecule has 0 aliphatic rings. The van der Waals surface area contributed by atoms with Gasteiger partial charge >= 0.3 is 17.9 Å². The second-order valence-corrected chi connectivity index (χ2v) is 6.32. The zero-order chi connectivity index (χ0) is 20.5. The Bertz CT molecular complexity index is 795. The van der Waals surface area contributed by atoms with Gasteiger partial charge in [-0.15, -0.1) is 0 Å². The largest absolute Gasteiger partial charge is 0.469 e. The standard InChI is InChI=1S/C21H24N2O5/c1-14(23-16-11-7-4-8-12-16)19(24)28-21(26)18(22)17(20(25)27-2)13-15-9-5-3-6-10-15/h3-12,14,17-18,23H,13,22H2,1-2H3/t14-,17?,18-/m0/s1. The molecule has 0 radical (unpaired) electrons. The number of methoxy groups -OCH3 is 1. The van der Waals surface area contributed by atoms with Crippen LogP contribution >= 0.6 is 0 Å². The van der Waals surface area contributed by atoms with Crippen molar-refractivity contribution >= 4 is 23.6 Å². The molecular weight excluding hydrogens is 360 g/mol. The highest BCUT2D eigenvalue weighted by Crippen LogP contribution is 2.15. The molecule has 0 fully saturated rings. The molecule has 7 heteroatoms. The smallest absolute Gasteiger partial charge is 0.335 e. The molecule has 0 aromatic heterocycles. The van der Waals surface area contributed by atoms with Crippen LogP contribution in [0.2, 0.25) is 0 Å². The monoisotopic (exact) mass is 384 g/mol. The van der Waals surface area contributed by atoms with E-state index in [0.29, 0.717) is 5.69 Å². The van der Waals surface area contributed by atoms with Crippen molar-refractivity contribution in [1.82, 2.24) is 0 Å². The van der Waals surface area contributed by atoms with Crippen molar-refractivity contribution in [2.24, 2.45) is 11.7 Å². The Morgan fingerprint density at radius 1 is 0.929 bits per heavy atom. The Kier molecular flexibility index (Phi) is 7.71. The van der Waals surface area contributed by atoms with E-state index in [1.165, 1.54) is 7.11 Å². The van der Waals surface area contributed by atoms with Crippen molar-refractivity contribution in [1.29, 1.82) is 0 Å². The van der Waals surface area contributed by atoms with E-state index in [2.05, 4.69) is 5.32 Å². The van der Waals surface area contributed by atoms with Crippen LogP contribution in [0.1, 0.15) is 12.5 Å². The number of para-hydroxylation sites is 1. The molecule has 1 unspecified atom stereocenters. The first-order chi connectivity index (χ1) is 13.4. The maximum absolute atomic E-state index is 12.4. The van der Waals surface area contributed by atoms with E-state index in [4.69, 9.17) is 15.2 Å². The van der Waals surface area contributed by atoms with Gasteiger partial charge in [-0.05, 0) is 31.0 Å². The number of carbonyl (C=O) groups excluding carboxylic acids is 3. The zero-order valence-electron chi connectivity index (χ0n) is 15.8. The summed E-state index contributed by atoms with van der Waals surface area (Å²) in [6.45, 7) is 1.57. The average molecular weight is 384 g/mol. The fraction of sp³-hybridized carbons (Fsp3) is 0.286. The third kappa shape index (κ3) is 5.92. The molecular formula is C21H24N2O5. The van der Waals surface area contributed by atoms with Gasteiger partial charge in [-0.2, -0.15) is 0 Å². The maximum atomic E-state index is 12.4. The number of hydrogen-bond acceptors (Lipinski definition) is 7. The Hall–Kier alpha value is -3.19. The Morgan fingerprint density at radius 2 is 1.50 bits per heavy atom. The number of nitrogens with one attached hydrogen (secondary N) is 1. The van der Waals surface area contributed by atoms with Crippen LogP contribution in [-0.2, 0) is 30.3 Å². The summed E-state index contributed by atoms with van der Waals surface area (Å²) in [4.78, 5) is 36.7. The molecule has 7 nitrogen and oxygen atoms in total. The fourth-order valence-electron chi connectivity index (χ4n) is 2.64. The van der Waals surface area contributed by atoms with Gasteiger partial charge < -0.3 is 20.5 Å². The number of carbonyl (C=O) groups is 3. The molecule has 0 amide bonds. The summed E-state index contributed by atoms with van der Waals surface area (Å²) in [6.07, 6.45) is 0.190. The normalized spacial score (nSPS) is 13.7. The van der Waals surface area contributed by atoms with Crippen molar-refractivity contribution in [2.45, 2.75) is 25.4 Å². The van der Waals surface area contributed by atoms with Gasteiger partial charge in [-0.1, -0.05) is 48.5 Å². The van der Waals surface area contributed by atoms with Crippen LogP contribution in [0.25, 0.3) is 0 Å². The lowest BCUT2D eigenvalue weighted by Crippen LogP contribution is -2.46. The molecule has 148 valence electrons. The molecule has 3 atom stereocenters. The summed E-state index contributed by atoms with van der Waals surface area (Å²) in [7, 11) is 1.22. The van der Waals surface area contributed by atoms with Gasteiger partial charge in [0.05, 0.1) is 13.0 Å². The van der Waals surface area contributed by atoms with E-state index in [9.17, 15) is 14.4 Å². The highest BCUT2D eigenvalue weighted by Gasteiger charge is 2.34. The van der Waals surface area contributed by atoms with E-state index >= 15 is 0 Å². The van der Waals surface area contributed by atoms with Crippen LogP contribution in [0.4, 0.5) is 5.69 Å². The lowest BCUT2D eigenvalue weighted by molar-refractivity contribution is -0.164. The van der Waals surface area contributed by atoms with E-state index in [0.717, 1.165) is 5.56 Å². The second kappa shape index (κ2) is 10.2. The predicted octanol–water partition coefficient (Wildman–Crippen LogP) is 1.92. The van der Waals surface area contributed by atoms with Gasteiger partial charge in [0.15, 0.2) is 0 Å². The van der Waals surface area contributed by atoms with Crippen LogP contribution in [0.15, 0.2) is 60.7 Å². The minimum atomic E-state index is -1.33. The van der Waals surface area contributed by atoms with Crippen LogP contribution in [0, 0.1) is 5.92 Å². The van der Waals surface area contributed by atoms with Crippen molar-refractivity contribution in [2.75, 3.05) is 12.4 Å². The molecule has 0 saturated carbocycles. The summed E-state index contributed by atoms with van der Waals surface area (Å²) < 4.78 is 9.65. The van der Waals surface area contributed by atoms with Gasteiger partial charge in [0.2, 0.25) is 0 Å². The van der Waals surface area contributed by atoms with Gasteiger partial charge in [0.1, 0.15) is 12.1 Å². The summed E-state index contributed by atoms with van der Waals surface area (Å²) in [6, 6.07) is 16.0. The molecule has 0 bridgehead atoms. The first-order valence-corrected chi connectivity index (χ1v) is 8.86. The summed E-state index contributed by atoms with van der Waals surface area (Å²) >= 11 is 0. The average Bonchev–Trinajstić information content (AvgIpc) is 2.72. The number of ether oxygens (including phenoxy) is 2. The van der Waals surface area contributed by atoms with Crippen molar-refractivity contribution < 1.29 is 23.9 Å². The summed E-state index contributed by atoms with van der Waals surface area (Å²) in [5.74, 6) is -3.37. The van der Waals surface area contributed by atoms with Gasteiger partial charge in [0, 0.05) is 5.69 Å². The van der Waals surface area contributed by atoms with Crippen molar-refractivity contribution in [3.8, 4) is 0 Å². The van der Waals surface area contributed by atoms with Gasteiger partial charge in [0.25, 0.3) is 0 Å². The SMILES string of the molecule is COC(=O)C(Cc1ccccc1)[C@H](N)C(=O)OC(=O)[C@H](C)Nc1ccccc1. The highest BCUT2D eigenvalue weighted by atomic mass is 16.6. The number of nitrogens with two attached hydrogens (primary N) is 1. The Labute approximate surface area is 163 Å². The molecule has 3 N–H and O–H groups in total. The lowest BCUT2D eigenvalue weighted by atomic mass is 9.92. The maximum Gasteiger partial charge on any atom is 0.335 e. The fourth-order valence-corrected chi connectivity index (χ4v) is 2.64. The molecule has 0 aliphatic carbocycles. The van der Waals surface area contributed by atoms with Crippen LogP contribution in [-0.4, -0.2) is 37.1 Å². The first kappa shape index (κ1) is 21.1. The van der Waals surface area contributed by atoms with E-state index in [1.807, 2.05) is 48.5 Å². The third-order valence-corrected chi connectivity index (χ3v) is 4.22. The van der Waals surface area contributed by atoms with Crippen LogP contribution in [0.3, 0.4) is 0 Å². The summed E-state index contributed by atoms with van der Waals surface area (Å²) in [5, 5.41) is 2.93. The molecule has 2 rings (SSSR count). The lowest BCUT2D eigenvalue weighted by Gasteiger charge is -2.21. The minimum absolute atomic E-state index is 0.190. The van der Waals surface area contributed by atoms with E-state index in [-0.39, 0.29) is 6.42 Å². The zero-order valence-corrected chi connectivity index (χ0v) is 15.8. The number of rotatable bonds is 8. The van der Waals surface area contributed by atoms with E-state index in [1.54, 1.807) is 19.1 Å². The number of hydrogen-bond donors (Lipinski definition) is 2. The number of anilines is 1. The highest BCUT2D eigenvalue weighted by molar-refractivity contribution is 5.94. The predicted molar refractivity (Wildman–Crippen MR) is 104 cm³/mol. The molecule has 28 heavy (non-hydrogen) atoms. The van der Waals surface area contributed by atoms with Crippen molar-refractivity contribution in [3.63, 3.8) is 0 Å².